The smallest absolute Gasteiger partial charge is 0.225 e. The molecule has 3 nitrogen and oxygen atoms in total. The van der Waals surface area contributed by atoms with Crippen molar-refractivity contribution in [3.8, 4) is 0 Å². The van der Waals surface area contributed by atoms with E-state index in [-0.39, 0.29) is 5.92 Å². The largest absolute Gasteiger partial charge is 0.346 e. The number of carbonyl (C=O) groups is 1. The Hall–Kier alpha value is -0.570. The average Bonchev–Trinajstić information content (AvgIpc) is 2.00. The summed E-state index contributed by atoms with van der Waals surface area (Å²) in [7, 11) is 1.90. The second-order valence-corrected chi connectivity index (χ2v) is 3.97. The fourth-order valence-electron chi connectivity index (χ4n) is 1.66. The summed E-state index contributed by atoms with van der Waals surface area (Å²) in [6.07, 6.45) is 1.04. The Balaban J connectivity index is 2.36. The van der Waals surface area contributed by atoms with Crippen LogP contribution in [0.2, 0.25) is 0 Å². The maximum absolute atomic E-state index is 11.8. The van der Waals surface area contributed by atoms with Crippen LogP contribution in [-0.2, 0) is 4.79 Å². The summed E-state index contributed by atoms with van der Waals surface area (Å²) in [5.41, 5.74) is 0. The van der Waals surface area contributed by atoms with Crippen LogP contribution in [0.15, 0.2) is 0 Å². The molecule has 0 spiro atoms. The van der Waals surface area contributed by atoms with Crippen LogP contribution in [0.4, 0.5) is 0 Å². The van der Waals surface area contributed by atoms with Crippen molar-refractivity contribution < 1.29 is 4.79 Å². The molecule has 1 unspecified atom stereocenters. The first-order valence-electron chi connectivity index (χ1n) is 5.12. The van der Waals surface area contributed by atoms with Gasteiger partial charge in [-0.2, -0.15) is 0 Å². The van der Waals surface area contributed by atoms with Crippen molar-refractivity contribution >= 4 is 5.91 Å². The quantitative estimate of drug-likeness (QED) is 0.698. The predicted octanol–water partition coefficient (Wildman–Crippen LogP) is 0.710. The minimum Gasteiger partial charge on any atom is -0.346 e. The van der Waals surface area contributed by atoms with Crippen molar-refractivity contribution in [2.75, 3.05) is 26.7 Å². The van der Waals surface area contributed by atoms with Crippen LogP contribution < -0.4 is 5.32 Å². The Morgan fingerprint density at radius 1 is 1.62 bits per heavy atom. The SMILES string of the molecule is CCCN(C)C(=O)C(C)C1CNC1. The fourth-order valence-corrected chi connectivity index (χ4v) is 1.66. The zero-order valence-corrected chi connectivity index (χ0v) is 8.84. The van der Waals surface area contributed by atoms with Crippen molar-refractivity contribution in [2.45, 2.75) is 20.3 Å². The second-order valence-electron chi connectivity index (χ2n) is 3.97. The van der Waals surface area contributed by atoms with Gasteiger partial charge in [0.25, 0.3) is 0 Å². The van der Waals surface area contributed by atoms with Gasteiger partial charge in [-0.05, 0) is 25.4 Å². The Morgan fingerprint density at radius 2 is 2.23 bits per heavy atom. The van der Waals surface area contributed by atoms with Gasteiger partial charge in [0.05, 0.1) is 0 Å². The molecular formula is C10H20N2O. The highest BCUT2D eigenvalue weighted by Gasteiger charge is 2.29. The summed E-state index contributed by atoms with van der Waals surface area (Å²) in [6.45, 7) is 7.03. The molecule has 0 radical (unpaired) electrons. The number of hydrogen-bond acceptors (Lipinski definition) is 2. The number of amides is 1. The third kappa shape index (κ3) is 2.44. The van der Waals surface area contributed by atoms with Gasteiger partial charge in [-0.25, -0.2) is 0 Å². The van der Waals surface area contributed by atoms with Crippen LogP contribution in [0, 0.1) is 11.8 Å². The predicted molar refractivity (Wildman–Crippen MR) is 53.5 cm³/mol. The highest BCUT2D eigenvalue weighted by molar-refractivity contribution is 5.78. The second kappa shape index (κ2) is 4.61. The van der Waals surface area contributed by atoms with Gasteiger partial charge in [-0.15, -0.1) is 0 Å². The van der Waals surface area contributed by atoms with Gasteiger partial charge >= 0.3 is 0 Å². The van der Waals surface area contributed by atoms with Gasteiger partial charge in [-0.1, -0.05) is 13.8 Å². The molecule has 76 valence electrons. The molecule has 1 aliphatic rings. The minimum atomic E-state index is 0.192. The molecule has 1 saturated heterocycles. The van der Waals surface area contributed by atoms with E-state index in [9.17, 15) is 4.79 Å². The van der Waals surface area contributed by atoms with Gasteiger partial charge in [0.1, 0.15) is 0 Å². The summed E-state index contributed by atoms with van der Waals surface area (Å²) < 4.78 is 0. The average molecular weight is 184 g/mol. The molecule has 1 atom stereocenters. The molecule has 0 aromatic rings. The molecule has 1 aliphatic heterocycles. The lowest BCUT2D eigenvalue weighted by Crippen LogP contribution is -2.49. The molecule has 1 rings (SSSR count). The molecule has 1 fully saturated rings. The van der Waals surface area contributed by atoms with Gasteiger partial charge in [0.2, 0.25) is 5.91 Å². The van der Waals surface area contributed by atoms with Crippen molar-refractivity contribution in [1.82, 2.24) is 10.2 Å². The zero-order chi connectivity index (χ0) is 9.84. The first-order valence-corrected chi connectivity index (χ1v) is 5.12. The Morgan fingerprint density at radius 3 is 2.62 bits per heavy atom. The van der Waals surface area contributed by atoms with Crippen molar-refractivity contribution in [1.29, 1.82) is 0 Å². The van der Waals surface area contributed by atoms with Crippen molar-refractivity contribution in [3.05, 3.63) is 0 Å². The molecule has 13 heavy (non-hydrogen) atoms. The monoisotopic (exact) mass is 184 g/mol. The van der Waals surface area contributed by atoms with E-state index in [1.165, 1.54) is 0 Å². The molecular weight excluding hydrogens is 164 g/mol. The highest BCUT2D eigenvalue weighted by atomic mass is 16.2. The van der Waals surface area contributed by atoms with Gasteiger partial charge < -0.3 is 10.2 Å². The first-order chi connectivity index (χ1) is 6.16. The molecule has 3 heteroatoms. The minimum absolute atomic E-state index is 0.192. The lowest BCUT2D eigenvalue weighted by atomic mass is 9.88. The lowest BCUT2D eigenvalue weighted by Gasteiger charge is -2.33. The van der Waals surface area contributed by atoms with Gasteiger partial charge in [0, 0.05) is 19.5 Å². The topological polar surface area (TPSA) is 32.3 Å². The summed E-state index contributed by atoms with van der Waals surface area (Å²) in [4.78, 5) is 13.6. The number of nitrogens with one attached hydrogen (secondary N) is 1. The third-order valence-corrected chi connectivity index (χ3v) is 2.84. The van der Waals surface area contributed by atoms with Gasteiger partial charge in [-0.3, -0.25) is 4.79 Å². The van der Waals surface area contributed by atoms with Crippen LogP contribution in [-0.4, -0.2) is 37.5 Å². The third-order valence-electron chi connectivity index (χ3n) is 2.84. The van der Waals surface area contributed by atoms with E-state index in [1.807, 2.05) is 18.9 Å². The van der Waals surface area contributed by atoms with Crippen LogP contribution in [0.1, 0.15) is 20.3 Å². The van der Waals surface area contributed by atoms with E-state index in [0.717, 1.165) is 26.1 Å². The van der Waals surface area contributed by atoms with Crippen LogP contribution in [0.5, 0.6) is 0 Å². The van der Waals surface area contributed by atoms with E-state index < -0.39 is 0 Å². The van der Waals surface area contributed by atoms with Crippen molar-refractivity contribution in [3.63, 3.8) is 0 Å². The maximum atomic E-state index is 11.8. The zero-order valence-electron chi connectivity index (χ0n) is 8.84. The van der Waals surface area contributed by atoms with Crippen LogP contribution in [0.3, 0.4) is 0 Å². The molecule has 0 aliphatic carbocycles. The number of hydrogen-bond donors (Lipinski definition) is 1. The maximum Gasteiger partial charge on any atom is 0.225 e. The van der Waals surface area contributed by atoms with E-state index in [2.05, 4.69) is 12.2 Å². The Labute approximate surface area is 80.5 Å². The first kappa shape index (κ1) is 10.5. The fraction of sp³-hybridized carbons (Fsp3) is 0.900. The summed E-state index contributed by atoms with van der Waals surface area (Å²) in [6, 6.07) is 0. The number of carbonyl (C=O) groups excluding carboxylic acids is 1. The Bertz CT molecular complexity index is 178. The number of nitrogens with zero attached hydrogens (tertiary/aromatic N) is 1. The normalized spacial score (nSPS) is 19.3. The molecule has 0 aromatic heterocycles. The van der Waals surface area contributed by atoms with E-state index in [0.29, 0.717) is 11.8 Å². The molecule has 1 amide bonds. The highest BCUT2D eigenvalue weighted by Crippen LogP contribution is 2.17. The van der Waals surface area contributed by atoms with E-state index in [1.54, 1.807) is 0 Å². The van der Waals surface area contributed by atoms with E-state index >= 15 is 0 Å². The van der Waals surface area contributed by atoms with E-state index in [4.69, 9.17) is 0 Å². The summed E-state index contributed by atoms with van der Waals surface area (Å²) >= 11 is 0. The van der Waals surface area contributed by atoms with Crippen molar-refractivity contribution in [2.24, 2.45) is 11.8 Å². The standard InChI is InChI=1S/C10H20N2O/c1-4-5-12(3)10(13)8(2)9-6-11-7-9/h8-9,11H,4-7H2,1-3H3. The summed E-state index contributed by atoms with van der Waals surface area (Å²) in [5, 5.41) is 3.20. The summed E-state index contributed by atoms with van der Waals surface area (Å²) in [5.74, 6) is 1.05. The van der Waals surface area contributed by atoms with Crippen LogP contribution in [0.25, 0.3) is 0 Å². The molecule has 1 N–H and O–H groups in total. The molecule has 0 aromatic carbocycles. The Kier molecular flexibility index (Phi) is 3.72. The number of rotatable bonds is 4. The molecule has 0 saturated carbocycles. The van der Waals surface area contributed by atoms with Gasteiger partial charge in [0.15, 0.2) is 0 Å². The van der Waals surface area contributed by atoms with Crippen LogP contribution >= 0.6 is 0 Å². The molecule has 0 bridgehead atoms. The lowest BCUT2D eigenvalue weighted by molar-refractivity contribution is -0.136. The molecule has 1 heterocycles.